The molecule has 2 fully saturated rings. The Morgan fingerprint density at radius 2 is 1.69 bits per heavy atom. The number of benzene rings is 2. The third kappa shape index (κ3) is 6.31. The lowest BCUT2D eigenvalue weighted by molar-refractivity contribution is -0.120. The highest BCUT2D eigenvalue weighted by molar-refractivity contribution is 6.33. The van der Waals surface area contributed by atoms with E-state index in [1.165, 1.54) is 10.9 Å². The monoisotopic (exact) mass is 717 g/mol. The molecule has 2 amide bonds. The maximum atomic E-state index is 14.3. The number of amides is 2. The Hall–Kier alpha value is -4.95. The van der Waals surface area contributed by atoms with E-state index in [1.54, 1.807) is 66.9 Å². The van der Waals surface area contributed by atoms with Crippen LogP contribution in [0, 0.1) is 0 Å². The van der Waals surface area contributed by atoms with E-state index >= 15 is 0 Å². The molecule has 1 saturated carbocycles. The third-order valence-corrected chi connectivity index (χ3v) is 9.26. The zero-order valence-electron chi connectivity index (χ0n) is 29.6. The topological polar surface area (TPSA) is 150 Å². The number of nitrogens with one attached hydrogen (secondary N) is 1. The molecule has 2 atom stereocenters. The maximum Gasteiger partial charge on any atom is 0.435 e. The number of carbonyl (C=O) groups is 3. The van der Waals surface area contributed by atoms with Gasteiger partial charge in [-0.1, -0.05) is 17.7 Å². The number of carbonyl (C=O) groups excluding carboxylic acids is 3. The van der Waals surface area contributed by atoms with Crippen LogP contribution in [0.2, 0.25) is 5.02 Å². The first kappa shape index (κ1) is 34.5. The van der Waals surface area contributed by atoms with Crippen LogP contribution in [-0.4, -0.2) is 82.5 Å². The number of imide groups is 1. The van der Waals surface area contributed by atoms with Crippen molar-refractivity contribution < 1.29 is 33.3 Å². The lowest BCUT2D eigenvalue weighted by Crippen LogP contribution is -2.41. The first-order chi connectivity index (χ1) is 24.1. The molecule has 2 aromatic carbocycles. The van der Waals surface area contributed by atoms with Crippen molar-refractivity contribution in [1.29, 1.82) is 0 Å². The molecule has 4 heterocycles. The fourth-order valence-corrected chi connectivity index (χ4v) is 6.80. The van der Waals surface area contributed by atoms with Crippen LogP contribution in [0.4, 0.5) is 32.9 Å². The molecule has 0 bridgehead atoms. The van der Waals surface area contributed by atoms with Crippen LogP contribution in [0.5, 0.6) is 5.75 Å². The second kappa shape index (κ2) is 12.4. The number of hydrogen-bond acceptors (Lipinski definition) is 12. The number of ether oxygens (including phenoxy) is 4. The van der Waals surface area contributed by atoms with Crippen molar-refractivity contribution in [3.05, 3.63) is 58.7 Å². The fraction of sp³-hybridized carbons (Fsp3) is 0.444. The SMILES string of the molecule is COc1ccc2c(c1)[C@]1(CC1c1ccc3c(Nc4nc(N5CCOCC5)ncc4Cl)nn(C(=O)OC(C)(C)C)c3c1)C(=O)N2C(=O)OC(C)(C)C. The molecule has 7 rings (SSSR count). The van der Waals surface area contributed by atoms with Crippen LogP contribution in [0.1, 0.15) is 65.0 Å². The van der Waals surface area contributed by atoms with Gasteiger partial charge in [-0.05, 0) is 89.4 Å². The molecular weight excluding hydrogens is 678 g/mol. The van der Waals surface area contributed by atoms with Gasteiger partial charge in [-0.15, -0.1) is 5.10 Å². The van der Waals surface area contributed by atoms with Crippen LogP contribution in [0.25, 0.3) is 10.9 Å². The number of halogens is 1. The minimum absolute atomic E-state index is 0.270. The summed E-state index contributed by atoms with van der Waals surface area (Å²) in [6.07, 6.45) is 0.527. The number of rotatable bonds is 5. The zero-order valence-corrected chi connectivity index (χ0v) is 30.3. The molecule has 1 aliphatic carbocycles. The summed E-state index contributed by atoms with van der Waals surface area (Å²) in [5.41, 5.74) is -0.265. The molecule has 268 valence electrons. The summed E-state index contributed by atoms with van der Waals surface area (Å²) in [7, 11) is 1.55. The molecule has 1 unspecified atom stereocenters. The van der Waals surface area contributed by atoms with Crippen molar-refractivity contribution in [2.75, 3.05) is 48.5 Å². The van der Waals surface area contributed by atoms with Crippen LogP contribution >= 0.6 is 11.6 Å². The number of methoxy groups -OCH3 is 1. The Kier molecular flexibility index (Phi) is 8.37. The van der Waals surface area contributed by atoms with Gasteiger partial charge < -0.3 is 29.2 Å². The second-order valence-electron chi connectivity index (χ2n) is 14.8. The highest BCUT2D eigenvalue weighted by atomic mass is 35.5. The van der Waals surface area contributed by atoms with Crippen molar-refractivity contribution in [2.45, 2.75) is 70.5 Å². The summed E-state index contributed by atoms with van der Waals surface area (Å²) in [5, 5.41) is 8.70. The lowest BCUT2D eigenvalue weighted by atomic mass is 9.91. The molecule has 3 aliphatic rings. The van der Waals surface area contributed by atoms with E-state index in [9.17, 15) is 14.4 Å². The Bertz CT molecular complexity index is 2060. The van der Waals surface area contributed by atoms with Gasteiger partial charge in [0.15, 0.2) is 11.6 Å². The first-order valence-corrected chi connectivity index (χ1v) is 17.1. The summed E-state index contributed by atoms with van der Waals surface area (Å²) >= 11 is 6.55. The van der Waals surface area contributed by atoms with Gasteiger partial charge in [0.05, 0.1) is 43.1 Å². The summed E-state index contributed by atoms with van der Waals surface area (Å²) in [6, 6.07) is 10.8. The molecule has 51 heavy (non-hydrogen) atoms. The third-order valence-electron chi connectivity index (χ3n) is 8.98. The van der Waals surface area contributed by atoms with Crippen LogP contribution < -0.4 is 19.9 Å². The van der Waals surface area contributed by atoms with Gasteiger partial charge >= 0.3 is 12.2 Å². The molecular formula is C36H40ClN7O7. The Morgan fingerprint density at radius 3 is 2.37 bits per heavy atom. The minimum Gasteiger partial charge on any atom is -0.497 e. The number of anilines is 4. The molecule has 1 spiro atoms. The second-order valence-corrected chi connectivity index (χ2v) is 15.2. The lowest BCUT2D eigenvalue weighted by Gasteiger charge is -2.27. The van der Waals surface area contributed by atoms with Gasteiger partial charge in [-0.2, -0.15) is 9.67 Å². The van der Waals surface area contributed by atoms with Gasteiger partial charge in [0.1, 0.15) is 22.0 Å². The molecule has 1 N–H and O–H groups in total. The van der Waals surface area contributed by atoms with Gasteiger partial charge in [-0.25, -0.2) is 19.5 Å². The van der Waals surface area contributed by atoms with Crippen molar-refractivity contribution >= 4 is 63.9 Å². The predicted molar refractivity (Wildman–Crippen MR) is 190 cm³/mol. The average Bonchev–Trinajstić information content (AvgIpc) is 3.66. The van der Waals surface area contributed by atoms with E-state index in [4.69, 9.17) is 30.5 Å². The largest absolute Gasteiger partial charge is 0.497 e. The van der Waals surface area contributed by atoms with Crippen LogP contribution in [0.3, 0.4) is 0 Å². The smallest absolute Gasteiger partial charge is 0.435 e. The summed E-state index contributed by atoms with van der Waals surface area (Å²) in [5.74, 6) is 0.997. The van der Waals surface area contributed by atoms with Gasteiger partial charge in [0.25, 0.3) is 0 Å². The van der Waals surface area contributed by atoms with Crippen LogP contribution in [-0.2, 0) is 24.4 Å². The van der Waals surface area contributed by atoms with Crippen LogP contribution in [0.15, 0.2) is 42.6 Å². The Morgan fingerprint density at radius 1 is 0.980 bits per heavy atom. The molecule has 4 aromatic rings. The zero-order chi connectivity index (χ0) is 36.5. The number of fused-ring (bicyclic) bond motifs is 3. The van der Waals surface area contributed by atoms with E-state index in [0.29, 0.717) is 78.2 Å². The quantitative estimate of drug-likeness (QED) is 0.238. The number of morpholine rings is 1. The van der Waals surface area contributed by atoms with Gasteiger partial charge in [0.2, 0.25) is 11.9 Å². The minimum atomic E-state index is -1.03. The number of nitrogens with zero attached hydrogens (tertiary/aromatic N) is 6. The van der Waals surface area contributed by atoms with E-state index in [-0.39, 0.29) is 16.8 Å². The predicted octanol–water partition coefficient (Wildman–Crippen LogP) is 6.56. The number of aromatic nitrogens is 4. The van der Waals surface area contributed by atoms with Gasteiger partial charge in [0, 0.05) is 24.4 Å². The summed E-state index contributed by atoms with van der Waals surface area (Å²) in [6.45, 7) is 13.0. The first-order valence-electron chi connectivity index (χ1n) is 16.7. The summed E-state index contributed by atoms with van der Waals surface area (Å²) in [4.78, 5) is 53.5. The molecule has 14 nitrogen and oxygen atoms in total. The van der Waals surface area contributed by atoms with E-state index < -0.39 is 28.8 Å². The highest BCUT2D eigenvalue weighted by Gasteiger charge is 2.68. The molecule has 1 saturated heterocycles. The average molecular weight is 718 g/mol. The van der Waals surface area contributed by atoms with E-state index in [1.807, 2.05) is 23.1 Å². The van der Waals surface area contributed by atoms with Crippen molar-refractivity contribution in [2.24, 2.45) is 0 Å². The normalized spacial score (nSPS) is 20.1. The number of hydrogen-bond donors (Lipinski definition) is 1. The Labute approximate surface area is 300 Å². The molecule has 0 radical (unpaired) electrons. The van der Waals surface area contributed by atoms with Crippen molar-refractivity contribution in [1.82, 2.24) is 19.7 Å². The fourth-order valence-electron chi connectivity index (χ4n) is 6.67. The highest BCUT2D eigenvalue weighted by Crippen LogP contribution is 2.67. The maximum absolute atomic E-state index is 14.3. The molecule has 2 aliphatic heterocycles. The standard InChI is InChI=1S/C36H40ClN7O7/c1-34(2,3)50-32(46)43-26-11-9-21(48-7)17-23(26)36(30(43)45)18-24(36)20-8-10-22-27(16-20)44(33(47)51-35(4,5)6)41-28(22)39-29-25(37)19-38-31(40-29)42-12-14-49-15-13-42/h8-11,16-17,19,24H,12-15,18H2,1-7H3,(H,38,39,40,41)/t24?,36-/m0/s1. The van der Waals surface area contributed by atoms with Crippen molar-refractivity contribution in [3.8, 4) is 5.75 Å². The molecule has 2 aromatic heterocycles. The van der Waals surface area contributed by atoms with Gasteiger partial charge in [-0.3, -0.25) is 4.79 Å². The molecule has 15 heteroatoms. The summed E-state index contributed by atoms with van der Waals surface area (Å²) < 4.78 is 23.6. The Balaban J connectivity index is 1.28. The van der Waals surface area contributed by atoms with E-state index in [0.717, 1.165) is 10.5 Å². The van der Waals surface area contributed by atoms with Crippen molar-refractivity contribution in [3.63, 3.8) is 0 Å². The van der Waals surface area contributed by atoms with E-state index in [2.05, 4.69) is 20.4 Å².